The number of nitrogens with zero attached hydrogens (tertiary/aromatic N) is 2. The van der Waals surface area contributed by atoms with E-state index in [0.717, 1.165) is 38.4 Å². The molecule has 0 radical (unpaired) electrons. The number of hydrogen-bond acceptors (Lipinski definition) is 5. The summed E-state index contributed by atoms with van der Waals surface area (Å²) in [4.78, 5) is 18.8. The van der Waals surface area contributed by atoms with E-state index in [2.05, 4.69) is 52.0 Å². The number of benzene rings is 1. The topological polar surface area (TPSA) is 44.8 Å². The van der Waals surface area contributed by atoms with Gasteiger partial charge in [0.25, 0.3) is 0 Å². The maximum atomic E-state index is 12.9. The smallest absolute Gasteiger partial charge is 0.222 e. The minimum absolute atomic E-state index is 0. The molecule has 4 rings (SSSR count). The molecule has 2 fully saturated rings. The van der Waals surface area contributed by atoms with Crippen molar-refractivity contribution in [3.8, 4) is 0 Å². The minimum Gasteiger partial charge on any atom is -0.383 e. The molecule has 1 aromatic carbocycles. The molecule has 0 saturated carbocycles. The molecule has 190 valence electrons. The van der Waals surface area contributed by atoms with Crippen LogP contribution in [0.3, 0.4) is 0 Å². The molecule has 1 N–H and O–H groups in total. The number of thiophene rings is 1. The van der Waals surface area contributed by atoms with E-state index in [0.29, 0.717) is 38.1 Å². The van der Waals surface area contributed by atoms with Crippen molar-refractivity contribution < 1.29 is 9.53 Å². The molecule has 3 atom stereocenters. The van der Waals surface area contributed by atoms with Crippen LogP contribution in [0.4, 0.5) is 0 Å². The van der Waals surface area contributed by atoms with Crippen LogP contribution in [0, 0.1) is 11.8 Å². The molecule has 2 aliphatic heterocycles. The van der Waals surface area contributed by atoms with E-state index >= 15 is 0 Å². The first-order valence-corrected chi connectivity index (χ1v) is 12.9. The molecule has 1 aromatic heterocycles. The zero-order chi connectivity index (χ0) is 22.2. The average Bonchev–Trinajstić information content (AvgIpc) is 3.32. The Bertz CT molecular complexity index is 825. The number of fused-ring (bicyclic) bond motifs is 2. The molecule has 2 aromatic rings. The third-order valence-electron chi connectivity index (χ3n) is 6.88. The minimum atomic E-state index is 0. The van der Waals surface area contributed by atoms with Crippen LogP contribution in [0.2, 0.25) is 0 Å². The molecular formula is C26H39Cl2N3O2S. The number of likely N-dealkylation sites (tertiary alicyclic amines) is 1. The van der Waals surface area contributed by atoms with Gasteiger partial charge in [-0.05, 0) is 54.7 Å². The van der Waals surface area contributed by atoms with E-state index in [1.807, 2.05) is 11.0 Å². The molecule has 2 unspecified atom stereocenters. The summed E-state index contributed by atoms with van der Waals surface area (Å²) >= 11 is 1.71. The van der Waals surface area contributed by atoms with Gasteiger partial charge in [-0.15, -0.1) is 36.2 Å². The SMILES string of the molecule is COCCN(Cc1cccs1)C(=O)CCC[C@H]1NCC2CC1CN(Cc1ccccc1)C2.Cl.Cl. The third kappa shape index (κ3) is 8.51. The van der Waals surface area contributed by atoms with Crippen LogP contribution >= 0.6 is 36.2 Å². The first kappa shape index (κ1) is 29.1. The standard InChI is InChI=1S/C26H37N3O2S.2ClH/c1-31-13-12-29(20-24-9-6-14-32-24)26(30)11-5-10-25-23-15-22(16-27-25)18-28(19-23)17-21-7-3-2-4-8-21;;/h2-4,6-9,14,22-23,25,27H,5,10-13,15-20H2,1H3;2*1H/t22?,23?,25-;;/m1../s1. The van der Waals surface area contributed by atoms with Crippen molar-refractivity contribution >= 4 is 42.1 Å². The number of amides is 1. The Balaban J connectivity index is 0.00000204. The number of carbonyl (C=O) groups is 1. The highest BCUT2D eigenvalue weighted by atomic mass is 35.5. The molecule has 2 aliphatic rings. The van der Waals surface area contributed by atoms with Crippen molar-refractivity contribution in [2.24, 2.45) is 11.8 Å². The molecule has 0 aliphatic carbocycles. The Labute approximate surface area is 221 Å². The van der Waals surface area contributed by atoms with Gasteiger partial charge in [-0.1, -0.05) is 36.4 Å². The van der Waals surface area contributed by atoms with Gasteiger partial charge in [-0.3, -0.25) is 9.69 Å². The first-order valence-electron chi connectivity index (χ1n) is 12.0. The molecule has 3 heterocycles. The van der Waals surface area contributed by atoms with E-state index in [1.54, 1.807) is 18.4 Å². The van der Waals surface area contributed by atoms with Crippen molar-refractivity contribution in [2.75, 3.05) is 39.9 Å². The summed E-state index contributed by atoms with van der Waals surface area (Å²) in [6, 6.07) is 15.5. The Morgan fingerprint density at radius 2 is 2.00 bits per heavy atom. The predicted molar refractivity (Wildman–Crippen MR) is 145 cm³/mol. The first-order chi connectivity index (χ1) is 15.7. The Hall–Kier alpha value is -1.15. The van der Waals surface area contributed by atoms with Gasteiger partial charge in [-0.25, -0.2) is 0 Å². The summed E-state index contributed by atoms with van der Waals surface area (Å²) < 4.78 is 5.23. The van der Waals surface area contributed by atoms with Crippen molar-refractivity contribution in [1.82, 2.24) is 15.1 Å². The molecule has 34 heavy (non-hydrogen) atoms. The van der Waals surface area contributed by atoms with Gasteiger partial charge in [-0.2, -0.15) is 0 Å². The normalized spacial score (nSPS) is 21.9. The van der Waals surface area contributed by atoms with Crippen LogP contribution in [0.25, 0.3) is 0 Å². The summed E-state index contributed by atoms with van der Waals surface area (Å²) in [7, 11) is 1.70. The number of halogens is 2. The highest BCUT2D eigenvalue weighted by Crippen LogP contribution is 2.31. The summed E-state index contributed by atoms with van der Waals surface area (Å²) in [6.45, 7) is 6.46. The van der Waals surface area contributed by atoms with E-state index in [9.17, 15) is 4.79 Å². The number of methoxy groups -OCH3 is 1. The number of hydrogen-bond donors (Lipinski definition) is 1. The lowest BCUT2D eigenvalue weighted by Crippen LogP contribution is -2.55. The number of rotatable bonds is 11. The fraction of sp³-hybridized carbons (Fsp3) is 0.577. The van der Waals surface area contributed by atoms with Crippen molar-refractivity contribution in [3.63, 3.8) is 0 Å². The van der Waals surface area contributed by atoms with Crippen LogP contribution in [-0.2, 0) is 22.6 Å². The van der Waals surface area contributed by atoms with Crippen LogP contribution in [0.5, 0.6) is 0 Å². The second-order valence-corrected chi connectivity index (χ2v) is 10.4. The monoisotopic (exact) mass is 527 g/mol. The van der Waals surface area contributed by atoms with Crippen LogP contribution in [0.15, 0.2) is 47.8 Å². The average molecular weight is 529 g/mol. The fourth-order valence-electron chi connectivity index (χ4n) is 5.30. The molecule has 1 amide bonds. The van der Waals surface area contributed by atoms with E-state index in [1.165, 1.54) is 23.4 Å². The Morgan fingerprint density at radius 3 is 2.74 bits per heavy atom. The Morgan fingerprint density at radius 1 is 1.18 bits per heavy atom. The highest BCUT2D eigenvalue weighted by molar-refractivity contribution is 7.09. The molecule has 0 spiro atoms. The lowest BCUT2D eigenvalue weighted by Gasteiger charge is -2.46. The number of nitrogens with one attached hydrogen (secondary N) is 1. The lowest BCUT2D eigenvalue weighted by atomic mass is 9.79. The van der Waals surface area contributed by atoms with Crippen molar-refractivity contribution in [3.05, 3.63) is 58.3 Å². The fourth-order valence-corrected chi connectivity index (χ4v) is 6.02. The zero-order valence-electron chi connectivity index (χ0n) is 20.1. The van der Waals surface area contributed by atoms with Gasteiger partial charge < -0.3 is 15.0 Å². The van der Waals surface area contributed by atoms with Crippen LogP contribution in [0.1, 0.15) is 36.1 Å². The van der Waals surface area contributed by atoms with E-state index < -0.39 is 0 Å². The number of carbonyl (C=O) groups excluding carboxylic acids is 1. The quantitative estimate of drug-likeness (QED) is 0.453. The summed E-state index contributed by atoms with van der Waals surface area (Å²) in [6.07, 6.45) is 3.98. The number of ether oxygens (including phenoxy) is 1. The molecule has 5 nitrogen and oxygen atoms in total. The second kappa shape index (κ2) is 15.1. The van der Waals surface area contributed by atoms with Gasteiger partial charge in [0.05, 0.1) is 13.2 Å². The third-order valence-corrected chi connectivity index (χ3v) is 7.74. The summed E-state index contributed by atoms with van der Waals surface area (Å²) in [5.74, 6) is 1.70. The summed E-state index contributed by atoms with van der Waals surface area (Å²) in [5, 5.41) is 5.88. The van der Waals surface area contributed by atoms with Gasteiger partial charge in [0.1, 0.15) is 0 Å². The maximum Gasteiger partial charge on any atom is 0.222 e. The number of piperidine rings is 2. The molecule has 2 saturated heterocycles. The second-order valence-electron chi connectivity index (χ2n) is 9.34. The predicted octanol–water partition coefficient (Wildman–Crippen LogP) is 4.85. The molecule has 8 heteroatoms. The zero-order valence-corrected chi connectivity index (χ0v) is 22.5. The lowest BCUT2D eigenvalue weighted by molar-refractivity contribution is -0.132. The Kier molecular flexibility index (Phi) is 12.9. The largest absolute Gasteiger partial charge is 0.383 e. The molecular weight excluding hydrogens is 489 g/mol. The molecule has 2 bridgehead atoms. The van der Waals surface area contributed by atoms with Gasteiger partial charge >= 0.3 is 0 Å². The highest BCUT2D eigenvalue weighted by Gasteiger charge is 2.36. The summed E-state index contributed by atoms with van der Waals surface area (Å²) in [5.41, 5.74) is 1.41. The van der Waals surface area contributed by atoms with Crippen molar-refractivity contribution in [1.29, 1.82) is 0 Å². The van der Waals surface area contributed by atoms with E-state index in [4.69, 9.17) is 4.74 Å². The van der Waals surface area contributed by atoms with E-state index in [-0.39, 0.29) is 30.7 Å². The maximum absolute atomic E-state index is 12.9. The van der Waals surface area contributed by atoms with Crippen LogP contribution < -0.4 is 5.32 Å². The van der Waals surface area contributed by atoms with Gasteiger partial charge in [0.15, 0.2) is 0 Å². The van der Waals surface area contributed by atoms with Crippen LogP contribution in [-0.4, -0.2) is 61.6 Å². The van der Waals surface area contributed by atoms with Gasteiger partial charge in [0, 0.05) is 50.6 Å². The van der Waals surface area contributed by atoms with Crippen molar-refractivity contribution in [2.45, 2.75) is 44.8 Å². The van der Waals surface area contributed by atoms with Gasteiger partial charge in [0.2, 0.25) is 5.91 Å².